The summed E-state index contributed by atoms with van der Waals surface area (Å²) in [5.74, 6) is -1.42. The second-order valence-corrected chi connectivity index (χ2v) is 11.4. The van der Waals surface area contributed by atoms with Gasteiger partial charge in [-0.05, 0) is 70.6 Å². The van der Waals surface area contributed by atoms with Crippen molar-refractivity contribution in [3.63, 3.8) is 0 Å². The van der Waals surface area contributed by atoms with Gasteiger partial charge in [0.1, 0.15) is 29.0 Å². The molecule has 0 amide bonds. The van der Waals surface area contributed by atoms with Gasteiger partial charge in [0.05, 0.1) is 11.3 Å². The van der Waals surface area contributed by atoms with Gasteiger partial charge in [0, 0.05) is 22.1 Å². The topological polar surface area (TPSA) is 9.23 Å². The third kappa shape index (κ3) is 3.72. The largest absolute Gasteiger partial charge is 0.476 e. The highest BCUT2D eigenvalue weighted by molar-refractivity contribution is 5.98. The van der Waals surface area contributed by atoms with Gasteiger partial charge in [-0.15, -0.1) is 0 Å². The van der Waals surface area contributed by atoms with Crippen LogP contribution in [0.4, 0.5) is 17.6 Å². The number of fused-ring (bicyclic) bond motifs is 5. The molecule has 0 N–H and O–H groups in total. The number of rotatable bonds is 4. The Labute approximate surface area is 251 Å². The Morgan fingerprint density at radius 2 is 0.932 bits per heavy atom. The van der Waals surface area contributed by atoms with Crippen molar-refractivity contribution in [2.45, 2.75) is 11.0 Å². The van der Waals surface area contributed by atoms with E-state index in [4.69, 9.17) is 4.74 Å². The molecule has 0 saturated heterocycles. The minimum atomic E-state index is -1.30. The van der Waals surface area contributed by atoms with Crippen molar-refractivity contribution in [2.24, 2.45) is 5.92 Å². The first kappa shape index (κ1) is 26.5. The van der Waals surface area contributed by atoms with Gasteiger partial charge in [0.25, 0.3) is 0 Å². The predicted molar refractivity (Wildman–Crippen MR) is 163 cm³/mol. The van der Waals surface area contributed by atoms with E-state index in [1.54, 1.807) is 48.5 Å². The molecule has 1 atom stereocenters. The molecule has 0 bridgehead atoms. The van der Waals surface area contributed by atoms with Gasteiger partial charge in [-0.3, -0.25) is 0 Å². The van der Waals surface area contributed by atoms with Gasteiger partial charge < -0.3 is 4.74 Å². The molecular weight excluding hydrogens is 560 g/mol. The Kier molecular flexibility index (Phi) is 5.82. The van der Waals surface area contributed by atoms with E-state index in [-0.39, 0.29) is 11.6 Å². The van der Waals surface area contributed by atoms with Crippen molar-refractivity contribution in [2.75, 3.05) is 0 Å². The molecule has 6 aromatic rings. The molecule has 2 aliphatic rings. The Morgan fingerprint density at radius 3 is 1.43 bits per heavy atom. The lowest BCUT2D eigenvalue weighted by Gasteiger charge is -2.60. The number of benzene rings is 6. The zero-order chi connectivity index (χ0) is 30.1. The Bertz CT molecular complexity index is 1970. The van der Waals surface area contributed by atoms with Gasteiger partial charge in [-0.1, -0.05) is 91.0 Å². The van der Waals surface area contributed by atoms with Crippen molar-refractivity contribution in [3.05, 3.63) is 191 Å². The summed E-state index contributed by atoms with van der Waals surface area (Å²) in [6.07, 6.45) is 2.15. The first-order chi connectivity index (χ1) is 21.4. The van der Waals surface area contributed by atoms with Crippen molar-refractivity contribution in [3.8, 4) is 5.75 Å². The average molecular weight is 585 g/mol. The maximum atomic E-state index is 14.5. The van der Waals surface area contributed by atoms with Crippen LogP contribution in [0.2, 0.25) is 0 Å². The number of halogens is 4. The van der Waals surface area contributed by atoms with E-state index in [0.717, 1.165) is 33.0 Å². The molecule has 1 heterocycles. The lowest BCUT2D eigenvalue weighted by molar-refractivity contribution is 0.0310. The molecule has 1 aliphatic carbocycles. The summed E-state index contributed by atoms with van der Waals surface area (Å²) in [5.41, 5.74) is 2.52. The fourth-order valence-corrected chi connectivity index (χ4v) is 7.26. The van der Waals surface area contributed by atoms with Crippen LogP contribution in [0.1, 0.15) is 27.8 Å². The van der Waals surface area contributed by atoms with E-state index in [1.165, 1.54) is 48.5 Å². The molecule has 1 nitrogen and oxygen atoms in total. The number of hydrogen-bond acceptors (Lipinski definition) is 1. The summed E-state index contributed by atoms with van der Waals surface area (Å²) < 4.78 is 64.9. The molecule has 0 spiro atoms. The van der Waals surface area contributed by atoms with Crippen LogP contribution in [-0.2, 0) is 11.0 Å². The molecule has 0 aromatic heterocycles. The summed E-state index contributed by atoms with van der Waals surface area (Å²) in [6.45, 7) is 0. The van der Waals surface area contributed by atoms with Gasteiger partial charge >= 0.3 is 0 Å². The maximum absolute atomic E-state index is 14.5. The number of allylic oxidation sites excluding steroid dienone is 1. The molecule has 6 aromatic carbocycles. The average Bonchev–Trinajstić information content (AvgIpc) is 3.03. The molecule has 1 aliphatic heterocycles. The summed E-state index contributed by atoms with van der Waals surface area (Å²) in [6, 6.07) is 37.0. The molecule has 0 fully saturated rings. The Morgan fingerprint density at radius 1 is 0.477 bits per heavy atom. The van der Waals surface area contributed by atoms with Crippen LogP contribution in [0.15, 0.2) is 140 Å². The molecule has 0 saturated carbocycles. The first-order valence-electron chi connectivity index (χ1n) is 14.4. The van der Waals surface area contributed by atoms with E-state index in [2.05, 4.69) is 6.08 Å². The number of ether oxygens (including phenoxy) is 1. The molecule has 44 heavy (non-hydrogen) atoms. The lowest BCUT2D eigenvalue weighted by Crippen LogP contribution is -2.59. The highest BCUT2D eigenvalue weighted by Gasteiger charge is 2.64. The van der Waals surface area contributed by atoms with Crippen LogP contribution >= 0.6 is 0 Å². The normalized spacial score (nSPS) is 17.5. The predicted octanol–water partition coefficient (Wildman–Crippen LogP) is 9.73. The maximum Gasteiger partial charge on any atom is 0.167 e. The van der Waals surface area contributed by atoms with Crippen LogP contribution < -0.4 is 4.74 Å². The molecular formula is C39H24F4O. The van der Waals surface area contributed by atoms with E-state index in [0.29, 0.717) is 16.9 Å². The van der Waals surface area contributed by atoms with Crippen LogP contribution in [0.5, 0.6) is 5.75 Å². The zero-order valence-corrected chi connectivity index (χ0v) is 23.3. The minimum absolute atomic E-state index is 0.383. The second-order valence-electron chi connectivity index (χ2n) is 11.4. The Balaban J connectivity index is 1.53. The van der Waals surface area contributed by atoms with E-state index in [9.17, 15) is 17.6 Å². The SMILES string of the molecule is Fc1ccc(C2(c3ccc(F)cc3)C=C3c4ccc5ccccc5c4OC(c4ccc(F)cc4)(c4ccc(F)cc4)C32)cc1. The third-order valence-electron chi connectivity index (χ3n) is 9.20. The monoisotopic (exact) mass is 584 g/mol. The fourth-order valence-electron chi connectivity index (χ4n) is 7.26. The summed E-state index contributed by atoms with van der Waals surface area (Å²) in [4.78, 5) is 0. The van der Waals surface area contributed by atoms with E-state index < -0.39 is 28.6 Å². The minimum Gasteiger partial charge on any atom is -0.476 e. The molecule has 5 heteroatoms. The van der Waals surface area contributed by atoms with Gasteiger partial charge in [-0.2, -0.15) is 0 Å². The highest BCUT2D eigenvalue weighted by Crippen LogP contribution is 2.68. The fraction of sp³-hybridized carbons (Fsp3) is 0.0769. The summed E-state index contributed by atoms with van der Waals surface area (Å²) in [5, 5.41) is 1.89. The van der Waals surface area contributed by atoms with Crippen LogP contribution in [0.25, 0.3) is 16.3 Å². The number of hydrogen-bond donors (Lipinski definition) is 0. The van der Waals surface area contributed by atoms with Gasteiger partial charge in [-0.25, -0.2) is 17.6 Å². The second kappa shape index (κ2) is 9.68. The molecule has 8 rings (SSSR count). The van der Waals surface area contributed by atoms with Gasteiger partial charge in [0.2, 0.25) is 0 Å². The molecule has 214 valence electrons. The molecule has 1 unspecified atom stereocenters. The van der Waals surface area contributed by atoms with Crippen molar-refractivity contribution in [1.82, 2.24) is 0 Å². The van der Waals surface area contributed by atoms with Crippen LogP contribution in [0.3, 0.4) is 0 Å². The quantitative estimate of drug-likeness (QED) is 0.188. The van der Waals surface area contributed by atoms with Crippen LogP contribution in [0, 0.1) is 29.2 Å². The lowest BCUT2D eigenvalue weighted by atomic mass is 9.47. The Hall–Kier alpha value is -5.16. The van der Waals surface area contributed by atoms with Crippen molar-refractivity contribution < 1.29 is 22.3 Å². The van der Waals surface area contributed by atoms with E-state index in [1.807, 2.05) is 36.4 Å². The third-order valence-corrected chi connectivity index (χ3v) is 9.20. The molecule has 0 radical (unpaired) electrons. The van der Waals surface area contributed by atoms with Gasteiger partial charge in [0.15, 0.2) is 5.60 Å². The summed E-state index contributed by atoms with van der Waals surface area (Å²) >= 11 is 0. The standard InChI is InChI=1S/C39H24F4O/c40-29-14-6-25(7-15-29)38(26-8-16-30(41)17-9-26)23-35-34-22-5-24-3-1-2-4-33(24)36(34)44-39(37(35)38,27-10-18-31(42)19-11-27)28-12-20-32(43)21-13-28/h1-23,37H. The van der Waals surface area contributed by atoms with Crippen molar-refractivity contribution >= 4 is 16.3 Å². The summed E-state index contributed by atoms with van der Waals surface area (Å²) in [7, 11) is 0. The van der Waals surface area contributed by atoms with Crippen LogP contribution in [-0.4, -0.2) is 0 Å². The van der Waals surface area contributed by atoms with E-state index >= 15 is 0 Å². The smallest absolute Gasteiger partial charge is 0.167 e. The highest BCUT2D eigenvalue weighted by atomic mass is 19.1. The first-order valence-corrected chi connectivity index (χ1v) is 14.4. The zero-order valence-electron chi connectivity index (χ0n) is 23.3. The van der Waals surface area contributed by atoms with Crippen molar-refractivity contribution in [1.29, 1.82) is 0 Å².